The number of thioether (sulfide) groups is 1. The van der Waals surface area contributed by atoms with Crippen LogP contribution in [0.1, 0.15) is 52.6 Å². The summed E-state index contributed by atoms with van der Waals surface area (Å²) in [5, 5.41) is 6.27. The van der Waals surface area contributed by atoms with E-state index in [9.17, 15) is 9.59 Å². The Hall–Kier alpha value is -2.25. The Morgan fingerprint density at radius 2 is 2.00 bits per heavy atom. The first-order valence-electron chi connectivity index (χ1n) is 10.5. The maximum absolute atomic E-state index is 13.5. The van der Waals surface area contributed by atoms with Crippen molar-refractivity contribution in [1.29, 1.82) is 0 Å². The van der Waals surface area contributed by atoms with Gasteiger partial charge in [-0.3, -0.25) is 9.59 Å². The maximum atomic E-state index is 13.5. The van der Waals surface area contributed by atoms with E-state index in [0.29, 0.717) is 29.4 Å². The molecule has 2 heterocycles. The molecule has 0 fully saturated rings. The van der Waals surface area contributed by atoms with Crippen LogP contribution < -0.4 is 5.32 Å². The number of rotatable bonds is 7. The van der Waals surface area contributed by atoms with E-state index in [0.717, 1.165) is 16.4 Å². The molecule has 8 heteroatoms. The van der Waals surface area contributed by atoms with Crippen LogP contribution in [0.5, 0.6) is 0 Å². The number of allylic oxidation sites excluding steroid dienone is 1. The van der Waals surface area contributed by atoms with Gasteiger partial charge in [0.05, 0.1) is 23.7 Å². The molecule has 2 aliphatic heterocycles. The average molecular weight is 461 g/mol. The number of carbonyl (C=O) groups excluding carboxylic acids is 2. The molecule has 3 rings (SSSR count). The number of hydrogen-bond acceptors (Lipinski definition) is 5. The van der Waals surface area contributed by atoms with E-state index in [-0.39, 0.29) is 24.3 Å². The van der Waals surface area contributed by atoms with Crippen LogP contribution in [0.4, 0.5) is 0 Å². The summed E-state index contributed by atoms with van der Waals surface area (Å²) in [5.41, 5.74) is 3.03. The minimum Gasteiger partial charge on any atom is -0.354 e. The van der Waals surface area contributed by atoms with Crippen LogP contribution in [0, 0.1) is 0 Å². The predicted octanol–water partition coefficient (Wildman–Crippen LogP) is 4.70. The molecule has 0 aromatic heterocycles. The zero-order valence-corrected chi connectivity index (χ0v) is 20.2. The first-order chi connectivity index (χ1) is 14.8. The molecule has 0 aliphatic carbocycles. The van der Waals surface area contributed by atoms with Crippen molar-refractivity contribution in [3.05, 3.63) is 57.2 Å². The standard InChI is InChI=1S/C23H29ClN4O2S/c1-6-27(7-2)22(30)20-15(5)26-23-28(21(20)16-9-8-10-17(24)11-16)18(13-31-23)12-19(29)25-14(3)4/h8-11,13-14,21H,6-7,12H2,1-5H3,(H,25,29). The normalized spacial score (nSPS) is 18.0. The number of likely N-dealkylation sites (N-methyl/N-ethyl adjacent to an activating group) is 1. The minimum atomic E-state index is -0.396. The average Bonchev–Trinajstić information content (AvgIpc) is 3.08. The first kappa shape index (κ1) is 23.4. The second-order valence-electron chi connectivity index (χ2n) is 7.82. The Bertz CT molecular complexity index is 966. The number of hydrogen-bond donors (Lipinski definition) is 1. The topological polar surface area (TPSA) is 65.0 Å². The van der Waals surface area contributed by atoms with Crippen LogP contribution in [0.25, 0.3) is 0 Å². The van der Waals surface area contributed by atoms with Gasteiger partial charge >= 0.3 is 0 Å². The van der Waals surface area contributed by atoms with Gasteiger partial charge in [-0.2, -0.15) is 0 Å². The van der Waals surface area contributed by atoms with Gasteiger partial charge in [-0.1, -0.05) is 35.5 Å². The minimum absolute atomic E-state index is 0.0434. The van der Waals surface area contributed by atoms with Crippen LogP contribution in [0.15, 0.2) is 51.6 Å². The molecule has 1 aromatic rings. The summed E-state index contributed by atoms with van der Waals surface area (Å²) in [6, 6.07) is 7.21. The van der Waals surface area contributed by atoms with Crippen molar-refractivity contribution in [1.82, 2.24) is 15.1 Å². The highest BCUT2D eigenvalue weighted by Gasteiger charge is 2.41. The molecule has 0 spiro atoms. The summed E-state index contributed by atoms with van der Waals surface area (Å²) in [4.78, 5) is 34.6. The highest BCUT2D eigenvalue weighted by molar-refractivity contribution is 8.16. The summed E-state index contributed by atoms with van der Waals surface area (Å²) in [7, 11) is 0. The first-order valence-corrected chi connectivity index (χ1v) is 11.8. The van der Waals surface area contributed by atoms with Gasteiger partial charge in [-0.25, -0.2) is 4.99 Å². The van der Waals surface area contributed by atoms with Crippen LogP contribution in [0.2, 0.25) is 5.02 Å². The number of benzene rings is 1. The molecule has 2 aliphatic rings. The van der Waals surface area contributed by atoms with Crippen LogP contribution in [-0.2, 0) is 9.59 Å². The fourth-order valence-corrected chi connectivity index (χ4v) is 5.02. The Balaban J connectivity index is 2.07. The van der Waals surface area contributed by atoms with Crippen molar-refractivity contribution in [2.24, 2.45) is 4.99 Å². The molecular weight excluding hydrogens is 432 g/mol. The van der Waals surface area contributed by atoms with Crippen molar-refractivity contribution in [2.75, 3.05) is 13.1 Å². The van der Waals surface area contributed by atoms with Gasteiger partial charge in [0.15, 0.2) is 5.17 Å². The molecule has 0 saturated carbocycles. The molecule has 1 atom stereocenters. The largest absolute Gasteiger partial charge is 0.354 e. The second-order valence-corrected chi connectivity index (χ2v) is 9.10. The molecule has 2 amide bonds. The Morgan fingerprint density at radius 3 is 2.61 bits per heavy atom. The third kappa shape index (κ3) is 4.99. The monoisotopic (exact) mass is 460 g/mol. The Kier molecular flexibility index (Phi) is 7.49. The predicted molar refractivity (Wildman–Crippen MR) is 128 cm³/mol. The van der Waals surface area contributed by atoms with Crippen LogP contribution in [0.3, 0.4) is 0 Å². The fourth-order valence-electron chi connectivity index (χ4n) is 3.85. The molecule has 1 aromatic carbocycles. The van der Waals surface area contributed by atoms with E-state index in [1.807, 2.05) is 69.2 Å². The van der Waals surface area contributed by atoms with Gasteiger partial charge in [-0.05, 0) is 57.7 Å². The Morgan fingerprint density at radius 1 is 1.29 bits per heavy atom. The van der Waals surface area contributed by atoms with E-state index in [4.69, 9.17) is 16.6 Å². The molecule has 31 heavy (non-hydrogen) atoms. The van der Waals surface area contributed by atoms with Gasteiger partial charge in [0, 0.05) is 29.9 Å². The van der Waals surface area contributed by atoms with Gasteiger partial charge in [0.25, 0.3) is 5.91 Å². The molecule has 0 saturated heterocycles. The lowest BCUT2D eigenvalue weighted by atomic mass is 9.92. The lowest BCUT2D eigenvalue weighted by Crippen LogP contribution is -2.42. The van der Waals surface area contributed by atoms with Gasteiger partial charge in [0.1, 0.15) is 0 Å². The third-order valence-electron chi connectivity index (χ3n) is 5.24. The van der Waals surface area contributed by atoms with E-state index in [1.54, 1.807) is 4.90 Å². The quantitative estimate of drug-likeness (QED) is 0.640. The van der Waals surface area contributed by atoms with E-state index >= 15 is 0 Å². The molecule has 0 radical (unpaired) electrons. The smallest absolute Gasteiger partial charge is 0.254 e. The number of amides is 2. The number of aliphatic imine (C=N–C) groups is 1. The van der Waals surface area contributed by atoms with Gasteiger partial charge < -0.3 is 15.1 Å². The maximum Gasteiger partial charge on any atom is 0.254 e. The second kappa shape index (κ2) is 9.92. The molecule has 0 bridgehead atoms. The highest BCUT2D eigenvalue weighted by atomic mass is 35.5. The van der Waals surface area contributed by atoms with Gasteiger partial charge in [-0.15, -0.1) is 0 Å². The lowest BCUT2D eigenvalue weighted by Gasteiger charge is -2.38. The van der Waals surface area contributed by atoms with Crippen molar-refractivity contribution < 1.29 is 9.59 Å². The fraction of sp³-hybridized carbons (Fsp3) is 0.435. The molecular formula is C23H29ClN4O2S. The number of fused-ring (bicyclic) bond motifs is 1. The number of nitrogens with one attached hydrogen (secondary N) is 1. The number of nitrogens with zero attached hydrogens (tertiary/aromatic N) is 3. The van der Waals surface area contributed by atoms with E-state index in [1.165, 1.54) is 11.8 Å². The highest BCUT2D eigenvalue weighted by Crippen LogP contribution is 2.45. The summed E-state index contributed by atoms with van der Waals surface area (Å²) in [6.07, 6.45) is 0.215. The summed E-state index contributed by atoms with van der Waals surface area (Å²) >= 11 is 7.80. The van der Waals surface area contributed by atoms with Gasteiger partial charge in [0.2, 0.25) is 5.91 Å². The number of halogens is 1. The van der Waals surface area contributed by atoms with Crippen LogP contribution >= 0.6 is 23.4 Å². The molecule has 6 nitrogen and oxygen atoms in total. The summed E-state index contributed by atoms with van der Waals surface area (Å²) < 4.78 is 0. The van der Waals surface area contributed by atoms with Crippen molar-refractivity contribution in [2.45, 2.75) is 53.1 Å². The zero-order chi connectivity index (χ0) is 22.7. The Labute approximate surface area is 193 Å². The lowest BCUT2D eigenvalue weighted by molar-refractivity contribution is -0.127. The number of amidine groups is 1. The van der Waals surface area contributed by atoms with Crippen LogP contribution in [-0.4, -0.2) is 45.9 Å². The van der Waals surface area contributed by atoms with Crippen molar-refractivity contribution in [3.63, 3.8) is 0 Å². The summed E-state index contributed by atoms with van der Waals surface area (Å²) in [5.74, 6) is -0.103. The SMILES string of the molecule is CCN(CC)C(=O)C1=C(C)N=C2SC=C(CC(=O)NC(C)C)N2C1c1cccc(Cl)c1. The zero-order valence-electron chi connectivity index (χ0n) is 18.6. The third-order valence-corrected chi connectivity index (χ3v) is 6.36. The summed E-state index contributed by atoms with van der Waals surface area (Å²) in [6.45, 7) is 10.9. The molecule has 1 unspecified atom stereocenters. The van der Waals surface area contributed by atoms with E-state index in [2.05, 4.69) is 5.32 Å². The number of carbonyl (C=O) groups is 2. The molecule has 1 N–H and O–H groups in total. The molecule has 166 valence electrons. The van der Waals surface area contributed by atoms with Crippen molar-refractivity contribution in [3.8, 4) is 0 Å². The van der Waals surface area contributed by atoms with Crippen molar-refractivity contribution >= 4 is 40.3 Å². The van der Waals surface area contributed by atoms with E-state index < -0.39 is 6.04 Å².